The first kappa shape index (κ1) is 17.8. The van der Waals surface area contributed by atoms with Crippen LogP contribution in [0.5, 0.6) is 0 Å². The van der Waals surface area contributed by atoms with E-state index in [0.29, 0.717) is 16.9 Å². The van der Waals surface area contributed by atoms with Gasteiger partial charge in [0.25, 0.3) is 5.91 Å². The minimum atomic E-state index is -1.70. The Balaban J connectivity index is 1.71. The van der Waals surface area contributed by atoms with E-state index in [1.165, 1.54) is 12.3 Å². The smallest absolute Gasteiger partial charge is 0.258 e. The van der Waals surface area contributed by atoms with Gasteiger partial charge in [0, 0.05) is 10.7 Å². The van der Waals surface area contributed by atoms with Crippen molar-refractivity contribution in [2.75, 3.05) is 10.6 Å². The summed E-state index contributed by atoms with van der Waals surface area (Å²) in [6, 6.07) is 11.7. The summed E-state index contributed by atoms with van der Waals surface area (Å²) in [5.41, 5.74) is 0.381. The molecule has 0 aliphatic carbocycles. The molecule has 8 heteroatoms. The van der Waals surface area contributed by atoms with Crippen LogP contribution >= 0.6 is 11.6 Å². The van der Waals surface area contributed by atoms with Gasteiger partial charge < -0.3 is 10.6 Å². The molecule has 0 fully saturated rings. The SMILES string of the molecule is O=C(Nc1ccc(Nc2cccc(Cl)c2)nc1)c1ccc(F)c(F)c1F. The molecule has 0 atom stereocenters. The average Bonchev–Trinajstić information content (AvgIpc) is 2.61. The fraction of sp³-hybridized carbons (Fsp3) is 0. The van der Waals surface area contributed by atoms with Gasteiger partial charge in [-0.25, -0.2) is 18.2 Å². The van der Waals surface area contributed by atoms with Crippen LogP contribution in [-0.4, -0.2) is 10.9 Å². The predicted octanol–water partition coefficient (Wildman–Crippen LogP) is 5.15. The molecule has 0 saturated heterocycles. The molecule has 0 radical (unpaired) electrons. The topological polar surface area (TPSA) is 54.0 Å². The third kappa shape index (κ3) is 3.94. The standard InChI is InChI=1S/C18H11ClF3N3O/c19-10-2-1-3-11(8-10)24-15-7-4-12(9-23-15)25-18(26)13-5-6-14(20)17(22)16(13)21/h1-9H,(H,23,24)(H,25,26). The van der Waals surface area contributed by atoms with Gasteiger partial charge in [0.2, 0.25) is 0 Å². The number of hydrogen-bond acceptors (Lipinski definition) is 3. The number of amides is 1. The maximum Gasteiger partial charge on any atom is 0.258 e. The van der Waals surface area contributed by atoms with E-state index in [1.807, 2.05) is 0 Å². The second-order valence-electron chi connectivity index (χ2n) is 5.24. The first-order valence-corrected chi connectivity index (χ1v) is 7.75. The molecule has 2 N–H and O–H groups in total. The molecular weight excluding hydrogens is 367 g/mol. The lowest BCUT2D eigenvalue weighted by molar-refractivity contribution is 0.102. The molecule has 0 saturated carbocycles. The zero-order valence-electron chi connectivity index (χ0n) is 13.1. The number of halogens is 4. The van der Waals surface area contributed by atoms with E-state index in [1.54, 1.807) is 30.3 Å². The van der Waals surface area contributed by atoms with E-state index >= 15 is 0 Å². The fourth-order valence-corrected chi connectivity index (χ4v) is 2.35. The van der Waals surface area contributed by atoms with Gasteiger partial charge >= 0.3 is 0 Å². The molecule has 0 unspecified atom stereocenters. The second-order valence-corrected chi connectivity index (χ2v) is 5.68. The monoisotopic (exact) mass is 377 g/mol. The molecule has 4 nitrogen and oxygen atoms in total. The van der Waals surface area contributed by atoms with Crippen molar-refractivity contribution in [3.8, 4) is 0 Å². The fourth-order valence-electron chi connectivity index (χ4n) is 2.16. The Kier molecular flexibility index (Phi) is 5.09. The average molecular weight is 378 g/mol. The summed E-state index contributed by atoms with van der Waals surface area (Å²) in [5, 5.41) is 5.95. The molecule has 1 aromatic heterocycles. The minimum absolute atomic E-state index is 0.260. The summed E-state index contributed by atoms with van der Waals surface area (Å²) < 4.78 is 39.8. The summed E-state index contributed by atoms with van der Waals surface area (Å²) in [4.78, 5) is 16.1. The summed E-state index contributed by atoms with van der Waals surface area (Å²) in [6.07, 6.45) is 1.34. The van der Waals surface area contributed by atoms with Gasteiger partial charge in [-0.3, -0.25) is 4.79 Å². The largest absolute Gasteiger partial charge is 0.340 e. The number of carbonyl (C=O) groups excluding carboxylic acids is 1. The van der Waals surface area contributed by atoms with Gasteiger partial charge in [-0.15, -0.1) is 0 Å². The van der Waals surface area contributed by atoms with Crippen LogP contribution in [0.25, 0.3) is 0 Å². The lowest BCUT2D eigenvalue weighted by atomic mass is 10.2. The molecule has 132 valence electrons. The highest BCUT2D eigenvalue weighted by molar-refractivity contribution is 6.30. The van der Waals surface area contributed by atoms with Crippen LogP contribution in [0.15, 0.2) is 54.7 Å². The molecular formula is C18H11ClF3N3O. The molecule has 26 heavy (non-hydrogen) atoms. The number of rotatable bonds is 4. The van der Waals surface area contributed by atoms with Crippen molar-refractivity contribution in [3.63, 3.8) is 0 Å². The summed E-state index contributed by atoms with van der Waals surface area (Å²) in [7, 11) is 0. The highest BCUT2D eigenvalue weighted by Gasteiger charge is 2.18. The lowest BCUT2D eigenvalue weighted by Crippen LogP contribution is -2.15. The molecule has 3 aromatic rings. The van der Waals surface area contributed by atoms with Crippen molar-refractivity contribution in [2.24, 2.45) is 0 Å². The normalized spacial score (nSPS) is 10.5. The number of nitrogens with one attached hydrogen (secondary N) is 2. The maximum absolute atomic E-state index is 13.6. The molecule has 1 heterocycles. The second kappa shape index (κ2) is 7.45. The molecule has 0 bridgehead atoms. The van der Waals surface area contributed by atoms with Crippen molar-refractivity contribution >= 4 is 34.7 Å². The van der Waals surface area contributed by atoms with Gasteiger partial charge in [-0.1, -0.05) is 17.7 Å². The Morgan fingerprint density at radius 3 is 2.46 bits per heavy atom. The summed E-state index contributed by atoms with van der Waals surface area (Å²) in [6.45, 7) is 0. The molecule has 1 amide bonds. The van der Waals surface area contributed by atoms with E-state index < -0.39 is 28.9 Å². The number of aromatic nitrogens is 1. The van der Waals surface area contributed by atoms with E-state index in [4.69, 9.17) is 11.6 Å². The van der Waals surface area contributed by atoms with E-state index in [0.717, 1.165) is 11.8 Å². The number of benzene rings is 2. The highest BCUT2D eigenvalue weighted by Crippen LogP contribution is 2.20. The first-order chi connectivity index (χ1) is 12.4. The number of anilines is 3. The van der Waals surface area contributed by atoms with Gasteiger partial charge in [0.15, 0.2) is 17.5 Å². The Morgan fingerprint density at radius 2 is 1.77 bits per heavy atom. The maximum atomic E-state index is 13.6. The van der Waals surface area contributed by atoms with E-state index in [2.05, 4.69) is 15.6 Å². The predicted molar refractivity (Wildman–Crippen MR) is 93.2 cm³/mol. The van der Waals surface area contributed by atoms with Crippen LogP contribution < -0.4 is 10.6 Å². The van der Waals surface area contributed by atoms with Crippen LogP contribution in [0.1, 0.15) is 10.4 Å². The molecule has 0 aliphatic rings. The Labute approximate surface area is 151 Å². The Morgan fingerprint density at radius 1 is 0.962 bits per heavy atom. The summed E-state index contributed by atoms with van der Waals surface area (Å²) >= 11 is 5.90. The van der Waals surface area contributed by atoms with Crippen molar-refractivity contribution in [3.05, 3.63) is 82.8 Å². The van der Waals surface area contributed by atoms with Crippen molar-refractivity contribution in [2.45, 2.75) is 0 Å². The van der Waals surface area contributed by atoms with Crippen molar-refractivity contribution < 1.29 is 18.0 Å². The van der Waals surface area contributed by atoms with Crippen LogP contribution in [0.4, 0.5) is 30.4 Å². The summed E-state index contributed by atoms with van der Waals surface area (Å²) in [5.74, 6) is -5.04. The zero-order chi connectivity index (χ0) is 18.7. The van der Waals surface area contributed by atoms with Gasteiger partial charge in [0.05, 0.1) is 17.4 Å². The molecule has 0 aliphatic heterocycles. The lowest BCUT2D eigenvalue weighted by Gasteiger charge is -2.09. The number of nitrogens with zero attached hydrogens (tertiary/aromatic N) is 1. The molecule has 0 spiro atoms. The third-order valence-electron chi connectivity index (χ3n) is 3.40. The minimum Gasteiger partial charge on any atom is -0.340 e. The van der Waals surface area contributed by atoms with Gasteiger partial charge in [-0.05, 0) is 42.5 Å². The van der Waals surface area contributed by atoms with Gasteiger partial charge in [-0.2, -0.15) is 0 Å². The van der Waals surface area contributed by atoms with Crippen LogP contribution in [-0.2, 0) is 0 Å². The quantitative estimate of drug-likeness (QED) is 0.618. The number of hydrogen-bond donors (Lipinski definition) is 2. The molecule has 3 rings (SSSR count). The Bertz CT molecular complexity index is 964. The van der Waals surface area contributed by atoms with Crippen LogP contribution in [0.2, 0.25) is 5.02 Å². The number of pyridine rings is 1. The van der Waals surface area contributed by atoms with Crippen LogP contribution in [0.3, 0.4) is 0 Å². The van der Waals surface area contributed by atoms with Crippen molar-refractivity contribution in [1.82, 2.24) is 4.98 Å². The zero-order valence-corrected chi connectivity index (χ0v) is 13.8. The van der Waals surface area contributed by atoms with E-state index in [-0.39, 0.29) is 5.69 Å². The molecule has 2 aromatic carbocycles. The highest BCUT2D eigenvalue weighted by atomic mass is 35.5. The van der Waals surface area contributed by atoms with Crippen molar-refractivity contribution in [1.29, 1.82) is 0 Å². The Hall–Kier alpha value is -3.06. The third-order valence-corrected chi connectivity index (χ3v) is 3.63. The van der Waals surface area contributed by atoms with Crippen LogP contribution in [0, 0.1) is 17.5 Å². The van der Waals surface area contributed by atoms with E-state index in [9.17, 15) is 18.0 Å². The van der Waals surface area contributed by atoms with Gasteiger partial charge in [0.1, 0.15) is 5.82 Å². The number of carbonyl (C=O) groups is 1. The first-order valence-electron chi connectivity index (χ1n) is 7.37.